The number of imide groups is 1. The molecule has 3 rings (SSSR count). The Balaban J connectivity index is 1.91. The molecule has 2 aliphatic rings. The van der Waals surface area contributed by atoms with E-state index in [-0.39, 0.29) is 11.8 Å². The molecule has 0 aromatic heterocycles. The summed E-state index contributed by atoms with van der Waals surface area (Å²) in [5, 5.41) is 2.30. The summed E-state index contributed by atoms with van der Waals surface area (Å²) in [6.07, 6.45) is 10.9. The van der Waals surface area contributed by atoms with Crippen LogP contribution in [0.4, 0.5) is 0 Å². The second-order valence-corrected chi connectivity index (χ2v) is 4.52. The summed E-state index contributed by atoms with van der Waals surface area (Å²) in [5.41, 5.74) is 2.80. The van der Waals surface area contributed by atoms with Gasteiger partial charge in [0.1, 0.15) is 0 Å². The molecule has 1 heterocycles. The number of rotatable bonds is 2. The van der Waals surface area contributed by atoms with Crippen LogP contribution in [0.2, 0.25) is 0 Å². The Kier molecular flexibility index (Phi) is 3.17. The van der Waals surface area contributed by atoms with E-state index in [1.165, 1.54) is 0 Å². The van der Waals surface area contributed by atoms with Crippen LogP contribution in [0, 0.1) is 6.42 Å². The first kappa shape index (κ1) is 12.4. The molecule has 0 fully saturated rings. The maximum atomic E-state index is 11.7. The molecule has 1 aliphatic heterocycles. The van der Waals surface area contributed by atoms with Crippen molar-refractivity contribution in [2.24, 2.45) is 0 Å². The van der Waals surface area contributed by atoms with Gasteiger partial charge in [-0.05, 0) is 17.2 Å². The highest BCUT2D eigenvalue weighted by molar-refractivity contribution is 6.22. The second kappa shape index (κ2) is 5.13. The average molecular weight is 262 g/mol. The molecule has 0 unspecified atom stereocenters. The number of amides is 2. The van der Waals surface area contributed by atoms with E-state index in [2.05, 4.69) is 5.32 Å². The van der Waals surface area contributed by atoms with Gasteiger partial charge >= 0.3 is 0 Å². The summed E-state index contributed by atoms with van der Waals surface area (Å²) in [7, 11) is 0. The summed E-state index contributed by atoms with van der Waals surface area (Å²) < 4.78 is 0. The van der Waals surface area contributed by atoms with Crippen molar-refractivity contribution >= 4 is 17.9 Å². The van der Waals surface area contributed by atoms with Crippen molar-refractivity contribution in [3.8, 4) is 0 Å². The van der Waals surface area contributed by atoms with Crippen molar-refractivity contribution in [2.75, 3.05) is 0 Å². The average Bonchev–Trinajstić information content (AvgIpc) is 2.66. The minimum Gasteiger partial charge on any atom is -0.288 e. The van der Waals surface area contributed by atoms with Crippen molar-refractivity contribution in [3.63, 3.8) is 0 Å². The molecule has 0 bridgehead atoms. The van der Waals surface area contributed by atoms with Gasteiger partial charge in [-0.1, -0.05) is 54.6 Å². The number of carbonyl (C=O) groups is 2. The maximum Gasteiger partial charge on any atom is 0.258 e. The van der Waals surface area contributed by atoms with Crippen LogP contribution in [0.25, 0.3) is 6.08 Å². The van der Waals surface area contributed by atoms with Gasteiger partial charge in [-0.15, -0.1) is 0 Å². The van der Waals surface area contributed by atoms with E-state index in [1.807, 2.05) is 48.6 Å². The summed E-state index contributed by atoms with van der Waals surface area (Å²) in [4.78, 5) is 23.2. The zero-order valence-electron chi connectivity index (χ0n) is 10.7. The van der Waals surface area contributed by atoms with Crippen LogP contribution in [-0.2, 0) is 9.59 Å². The van der Waals surface area contributed by atoms with Gasteiger partial charge in [0.05, 0.1) is 0 Å². The molecule has 97 valence electrons. The molecule has 2 amide bonds. The largest absolute Gasteiger partial charge is 0.288 e. The zero-order valence-corrected chi connectivity index (χ0v) is 10.7. The molecule has 0 atom stereocenters. The van der Waals surface area contributed by atoms with E-state index in [4.69, 9.17) is 0 Å². The molecule has 1 N–H and O–H groups in total. The van der Waals surface area contributed by atoms with Crippen molar-refractivity contribution < 1.29 is 9.59 Å². The van der Waals surface area contributed by atoms with Crippen molar-refractivity contribution in [2.45, 2.75) is 0 Å². The molecule has 20 heavy (non-hydrogen) atoms. The monoisotopic (exact) mass is 262 g/mol. The highest BCUT2D eigenvalue weighted by Gasteiger charge is 2.28. The van der Waals surface area contributed by atoms with Crippen LogP contribution in [0.15, 0.2) is 71.4 Å². The summed E-state index contributed by atoms with van der Waals surface area (Å²) in [5.74, 6) is -0.672. The summed E-state index contributed by atoms with van der Waals surface area (Å²) >= 11 is 0. The number of hydrogen-bond donors (Lipinski definition) is 1. The first-order valence-corrected chi connectivity index (χ1v) is 6.30. The first-order chi connectivity index (χ1) is 9.74. The van der Waals surface area contributed by atoms with Gasteiger partial charge in [-0.3, -0.25) is 14.9 Å². The van der Waals surface area contributed by atoms with Gasteiger partial charge in [0, 0.05) is 17.6 Å². The maximum absolute atomic E-state index is 11.7. The van der Waals surface area contributed by atoms with E-state index in [0.717, 1.165) is 11.1 Å². The number of nitrogens with one attached hydrogen (secondary N) is 1. The molecule has 3 heteroatoms. The Morgan fingerprint density at radius 1 is 0.900 bits per heavy atom. The van der Waals surface area contributed by atoms with E-state index in [9.17, 15) is 9.59 Å². The Morgan fingerprint density at radius 3 is 2.45 bits per heavy atom. The Morgan fingerprint density at radius 2 is 1.65 bits per heavy atom. The minimum atomic E-state index is -0.337. The zero-order chi connectivity index (χ0) is 13.9. The van der Waals surface area contributed by atoms with Gasteiger partial charge < -0.3 is 0 Å². The lowest BCUT2D eigenvalue weighted by molar-refractivity contribution is -0.124. The van der Waals surface area contributed by atoms with Crippen LogP contribution in [-0.4, -0.2) is 11.8 Å². The number of benzene rings is 1. The van der Waals surface area contributed by atoms with Crippen molar-refractivity contribution in [1.82, 2.24) is 5.32 Å². The van der Waals surface area contributed by atoms with E-state index in [0.29, 0.717) is 11.1 Å². The van der Waals surface area contributed by atoms with Crippen LogP contribution in [0.1, 0.15) is 5.56 Å². The minimum absolute atomic E-state index is 0.334. The van der Waals surface area contributed by atoms with Crippen LogP contribution >= 0.6 is 0 Å². The first-order valence-electron chi connectivity index (χ1n) is 6.30. The fourth-order valence-corrected chi connectivity index (χ4v) is 2.12. The lowest BCUT2D eigenvalue weighted by Gasteiger charge is -1.96. The lowest BCUT2D eigenvalue weighted by atomic mass is 10.1. The van der Waals surface area contributed by atoms with E-state index < -0.39 is 0 Å². The van der Waals surface area contributed by atoms with E-state index in [1.54, 1.807) is 18.6 Å². The normalized spacial score (nSPS) is 18.1. The molecular formula is C17H12NO2. The Hall–Kier alpha value is -2.68. The van der Waals surface area contributed by atoms with Gasteiger partial charge in [0.25, 0.3) is 11.8 Å². The highest BCUT2D eigenvalue weighted by Crippen LogP contribution is 2.23. The molecule has 3 nitrogen and oxygen atoms in total. The molecule has 1 aliphatic carbocycles. The molecule has 0 saturated heterocycles. The summed E-state index contributed by atoms with van der Waals surface area (Å²) in [6.45, 7) is 0. The Labute approximate surface area is 117 Å². The third-order valence-corrected chi connectivity index (χ3v) is 3.14. The molecule has 1 radical (unpaired) electrons. The third-order valence-electron chi connectivity index (χ3n) is 3.14. The quantitative estimate of drug-likeness (QED) is 0.832. The predicted octanol–water partition coefficient (Wildman–Crippen LogP) is 2.35. The summed E-state index contributed by atoms with van der Waals surface area (Å²) in [6, 6.07) is 9.89. The van der Waals surface area contributed by atoms with Gasteiger partial charge in [0.15, 0.2) is 0 Å². The third kappa shape index (κ3) is 2.38. The van der Waals surface area contributed by atoms with Crippen LogP contribution in [0.5, 0.6) is 0 Å². The fourth-order valence-electron chi connectivity index (χ4n) is 2.12. The fraction of sp³-hybridized carbons (Fsp3) is 0. The molecule has 1 aromatic rings. The number of carbonyl (C=O) groups excluding carboxylic acids is 2. The van der Waals surface area contributed by atoms with Crippen LogP contribution in [0.3, 0.4) is 0 Å². The van der Waals surface area contributed by atoms with Crippen LogP contribution < -0.4 is 5.32 Å². The van der Waals surface area contributed by atoms with Gasteiger partial charge in [0.2, 0.25) is 0 Å². The predicted molar refractivity (Wildman–Crippen MR) is 77.2 cm³/mol. The van der Waals surface area contributed by atoms with Crippen molar-refractivity contribution in [1.29, 1.82) is 0 Å². The van der Waals surface area contributed by atoms with E-state index >= 15 is 0 Å². The topological polar surface area (TPSA) is 46.2 Å². The molecule has 1 aromatic carbocycles. The van der Waals surface area contributed by atoms with Crippen molar-refractivity contribution in [3.05, 3.63) is 83.3 Å². The number of allylic oxidation sites excluding steroid dienone is 4. The second-order valence-electron chi connectivity index (χ2n) is 4.52. The smallest absolute Gasteiger partial charge is 0.258 e. The number of hydrogen-bond acceptors (Lipinski definition) is 2. The molecule has 0 spiro atoms. The highest BCUT2D eigenvalue weighted by atomic mass is 16.2. The SMILES string of the molecule is O=C1NC(=O)C2=C1[CH]C=CC(/C=C\c1ccccc1)=C2. The molecular weight excluding hydrogens is 250 g/mol. The van der Waals surface area contributed by atoms with Gasteiger partial charge in [-0.2, -0.15) is 0 Å². The van der Waals surface area contributed by atoms with Gasteiger partial charge in [-0.25, -0.2) is 0 Å². The Bertz CT molecular complexity index is 691. The lowest BCUT2D eigenvalue weighted by Crippen LogP contribution is -2.23. The molecule has 0 saturated carbocycles. The standard InChI is InChI=1S/C17H12NO2/c19-16-14-8-4-7-13(11-15(14)17(20)18-16)10-9-12-5-2-1-3-6-12/h1-11H,(H,18,19,20)/b10-9-.